The Balaban J connectivity index is 2.79. The summed E-state index contributed by atoms with van der Waals surface area (Å²) in [6.07, 6.45) is -2.57. The minimum Gasteiger partial charge on any atom is -0.409 e. The number of hydrogen-bond donors (Lipinski definition) is 2. The standard InChI is InChI=1S/C23H53NO9Si3/c1-34(2,3)31-20-19(18-25)30-23(22(33-36(7,8)9)21(20)32-35(4,5)6)29-17-16-28-15-14-27-13-12-26-11-10-24/h19-23,25H,10-18,24H2,1-9H3/t19-,20-,21+,22-,23-/m1/s1. The lowest BCUT2D eigenvalue weighted by Crippen LogP contribution is -2.66. The van der Waals surface area contributed by atoms with Crippen LogP contribution in [0.5, 0.6) is 0 Å². The van der Waals surface area contributed by atoms with Crippen LogP contribution in [0.25, 0.3) is 0 Å². The van der Waals surface area contributed by atoms with Crippen LogP contribution in [0.4, 0.5) is 0 Å². The molecule has 13 heteroatoms. The topological polar surface area (TPSA) is 120 Å². The second-order valence-corrected chi connectivity index (χ2v) is 25.2. The summed E-state index contributed by atoms with van der Waals surface area (Å²) in [5.74, 6) is 0. The summed E-state index contributed by atoms with van der Waals surface area (Å²) >= 11 is 0. The molecule has 3 N–H and O–H groups in total. The van der Waals surface area contributed by atoms with Gasteiger partial charge in [0.25, 0.3) is 0 Å². The number of hydrogen-bond acceptors (Lipinski definition) is 10. The van der Waals surface area contributed by atoms with Crippen LogP contribution in [-0.4, -0.2) is 120 Å². The average molecular weight is 572 g/mol. The van der Waals surface area contributed by atoms with Crippen molar-refractivity contribution in [2.45, 2.75) is 89.6 Å². The Morgan fingerprint density at radius 2 is 1.03 bits per heavy atom. The molecule has 0 aromatic heterocycles. The maximum absolute atomic E-state index is 10.2. The highest BCUT2D eigenvalue weighted by molar-refractivity contribution is 6.70. The SMILES string of the molecule is C[Si](C)(C)O[C@@H]1[C@@H](O[Si](C)(C)C)[C@H](OCCOCCOCCOCCN)O[C@H](CO)[C@H]1O[Si](C)(C)C. The molecule has 36 heavy (non-hydrogen) atoms. The summed E-state index contributed by atoms with van der Waals surface area (Å²) in [5, 5.41) is 10.2. The van der Waals surface area contributed by atoms with Gasteiger partial charge >= 0.3 is 0 Å². The van der Waals surface area contributed by atoms with E-state index < -0.39 is 55.7 Å². The Bertz CT molecular complexity index is 585. The molecule has 10 nitrogen and oxygen atoms in total. The van der Waals surface area contributed by atoms with Gasteiger partial charge in [-0.05, 0) is 58.9 Å². The van der Waals surface area contributed by atoms with Gasteiger partial charge in [-0.2, -0.15) is 0 Å². The molecule has 0 aromatic rings. The molecule has 0 bridgehead atoms. The van der Waals surface area contributed by atoms with Gasteiger partial charge in [0, 0.05) is 6.54 Å². The molecule has 0 spiro atoms. The zero-order chi connectivity index (χ0) is 27.4. The highest BCUT2D eigenvalue weighted by atomic mass is 28.4. The van der Waals surface area contributed by atoms with E-state index in [1.54, 1.807) is 0 Å². The molecule has 0 radical (unpaired) electrons. The molecule has 1 rings (SSSR count). The van der Waals surface area contributed by atoms with Crippen molar-refractivity contribution < 1.29 is 42.1 Å². The van der Waals surface area contributed by atoms with Gasteiger partial charge in [-0.15, -0.1) is 0 Å². The lowest BCUT2D eigenvalue weighted by Gasteiger charge is -2.50. The molecule has 216 valence electrons. The van der Waals surface area contributed by atoms with Crippen LogP contribution in [0.15, 0.2) is 0 Å². The van der Waals surface area contributed by atoms with E-state index in [9.17, 15) is 5.11 Å². The molecule has 5 atom stereocenters. The Morgan fingerprint density at radius 1 is 0.611 bits per heavy atom. The predicted octanol–water partition coefficient (Wildman–Crippen LogP) is 2.39. The molecule has 1 aliphatic heterocycles. The second-order valence-electron chi connectivity index (χ2n) is 11.8. The first-order chi connectivity index (χ1) is 16.7. The van der Waals surface area contributed by atoms with Gasteiger partial charge in [0.1, 0.15) is 24.4 Å². The fourth-order valence-corrected chi connectivity index (χ4v) is 6.88. The van der Waals surface area contributed by atoms with Gasteiger partial charge in [0.05, 0.1) is 52.9 Å². The van der Waals surface area contributed by atoms with Crippen LogP contribution in [-0.2, 0) is 37.0 Å². The van der Waals surface area contributed by atoms with E-state index in [0.717, 1.165) is 0 Å². The molecule has 1 fully saturated rings. The maximum atomic E-state index is 10.2. The average Bonchev–Trinajstić information content (AvgIpc) is 2.72. The van der Waals surface area contributed by atoms with Crippen molar-refractivity contribution in [3.05, 3.63) is 0 Å². The molecule has 0 saturated carbocycles. The molecule has 0 amide bonds. The number of nitrogens with two attached hydrogens (primary N) is 1. The molecular weight excluding hydrogens is 519 g/mol. The molecule has 1 saturated heterocycles. The van der Waals surface area contributed by atoms with Crippen LogP contribution in [0, 0.1) is 0 Å². The minimum absolute atomic E-state index is 0.191. The lowest BCUT2D eigenvalue weighted by atomic mass is 9.99. The molecule has 0 unspecified atom stereocenters. The van der Waals surface area contributed by atoms with E-state index >= 15 is 0 Å². The summed E-state index contributed by atoms with van der Waals surface area (Å²) in [4.78, 5) is 0. The fraction of sp³-hybridized carbons (Fsp3) is 1.00. The highest BCUT2D eigenvalue weighted by Gasteiger charge is 2.51. The molecular formula is C23H53NO9Si3. The Morgan fingerprint density at radius 3 is 1.47 bits per heavy atom. The smallest absolute Gasteiger partial charge is 0.185 e. The van der Waals surface area contributed by atoms with Crippen molar-refractivity contribution in [3.63, 3.8) is 0 Å². The normalized spacial score (nSPS) is 25.9. The Kier molecular flexibility index (Phi) is 15.6. The highest BCUT2D eigenvalue weighted by Crippen LogP contribution is 2.33. The predicted molar refractivity (Wildman–Crippen MR) is 148 cm³/mol. The Labute approximate surface area is 221 Å². The number of ether oxygens (including phenoxy) is 5. The van der Waals surface area contributed by atoms with Gasteiger partial charge < -0.3 is 47.8 Å². The summed E-state index contributed by atoms with van der Waals surface area (Å²) in [6, 6.07) is 0. The lowest BCUT2D eigenvalue weighted by molar-refractivity contribution is -0.293. The van der Waals surface area contributed by atoms with E-state index in [4.69, 9.17) is 42.7 Å². The van der Waals surface area contributed by atoms with Crippen molar-refractivity contribution in [1.29, 1.82) is 0 Å². The number of aliphatic hydroxyl groups excluding tert-OH is 1. The summed E-state index contributed by atoms with van der Waals surface area (Å²) in [7, 11) is -5.97. The van der Waals surface area contributed by atoms with Crippen LogP contribution in [0.3, 0.4) is 0 Å². The first-order valence-electron chi connectivity index (χ1n) is 13.0. The molecule has 0 aromatic carbocycles. The third kappa shape index (κ3) is 15.0. The first-order valence-corrected chi connectivity index (χ1v) is 23.2. The number of aliphatic hydroxyl groups is 1. The van der Waals surface area contributed by atoms with Crippen LogP contribution < -0.4 is 5.73 Å². The van der Waals surface area contributed by atoms with E-state index in [-0.39, 0.29) is 6.61 Å². The zero-order valence-electron chi connectivity index (χ0n) is 24.0. The van der Waals surface area contributed by atoms with Crippen LogP contribution in [0.1, 0.15) is 0 Å². The monoisotopic (exact) mass is 571 g/mol. The van der Waals surface area contributed by atoms with Crippen molar-refractivity contribution in [2.75, 3.05) is 59.4 Å². The van der Waals surface area contributed by atoms with Gasteiger partial charge in [0.15, 0.2) is 31.2 Å². The molecule has 0 aliphatic carbocycles. The largest absolute Gasteiger partial charge is 0.409 e. The van der Waals surface area contributed by atoms with Gasteiger partial charge in [-0.25, -0.2) is 0 Å². The minimum atomic E-state index is -2.00. The van der Waals surface area contributed by atoms with E-state index in [1.807, 2.05) is 0 Å². The quantitative estimate of drug-likeness (QED) is 0.177. The maximum Gasteiger partial charge on any atom is 0.185 e. The first kappa shape index (κ1) is 34.3. The fourth-order valence-electron chi connectivity index (χ4n) is 3.63. The van der Waals surface area contributed by atoms with Gasteiger partial charge in [0.2, 0.25) is 0 Å². The third-order valence-electron chi connectivity index (χ3n) is 4.76. The van der Waals surface area contributed by atoms with Gasteiger partial charge in [-0.3, -0.25) is 0 Å². The van der Waals surface area contributed by atoms with E-state index in [2.05, 4.69) is 58.9 Å². The van der Waals surface area contributed by atoms with Crippen molar-refractivity contribution in [3.8, 4) is 0 Å². The van der Waals surface area contributed by atoms with E-state index in [0.29, 0.717) is 52.8 Å². The van der Waals surface area contributed by atoms with Crippen LogP contribution in [0.2, 0.25) is 58.9 Å². The van der Waals surface area contributed by atoms with Crippen molar-refractivity contribution in [2.24, 2.45) is 5.73 Å². The zero-order valence-corrected chi connectivity index (χ0v) is 27.0. The summed E-state index contributed by atoms with van der Waals surface area (Å²) < 4.78 is 48.5. The molecule has 1 heterocycles. The van der Waals surface area contributed by atoms with Crippen LogP contribution >= 0.6 is 0 Å². The second kappa shape index (κ2) is 16.4. The summed E-state index contributed by atoms with van der Waals surface area (Å²) in [5.41, 5.74) is 5.38. The van der Waals surface area contributed by atoms with E-state index in [1.165, 1.54) is 0 Å². The van der Waals surface area contributed by atoms with Crippen molar-refractivity contribution in [1.82, 2.24) is 0 Å². The van der Waals surface area contributed by atoms with Gasteiger partial charge in [-0.1, -0.05) is 0 Å². The number of rotatable bonds is 19. The third-order valence-corrected chi connectivity index (χ3v) is 7.69. The summed E-state index contributed by atoms with van der Waals surface area (Å²) in [6.45, 7) is 22.7. The van der Waals surface area contributed by atoms with Crippen molar-refractivity contribution >= 4 is 25.0 Å². The Hall–Kier alpha value is 0.251. The molecule has 1 aliphatic rings.